The molecular weight excluding hydrogens is 316 g/mol. The van der Waals surface area contributed by atoms with E-state index >= 15 is 0 Å². The average Bonchev–Trinajstić information content (AvgIpc) is 2.65. The molecule has 2 heterocycles. The van der Waals surface area contributed by atoms with E-state index in [-0.39, 0.29) is 5.54 Å². The lowest BCUT2D eigenvalue weighted by atomic mass is 9.80. The van der Waals surface area contributed by atoms with Crippen molar-refractivity contribution in [2.75, 3.05) is 0 Å². The third-order valence-corrected chi connectivity index (χ3v) is 5.35. The number of aromatic nitrogens is 1. The number of aliphatic imine (C=N–C) groups is 1. The number of nitrogens with zero attached hydrogens (tertiary/aromatic N) is 2. The van der Waals surface area contributed by atoms with E-state index in [2.05, 4.69) is 74.3 Å². The van der Waals surface area contributed by atoms with Gasteiger partial charge in [-0.1, -0.05) is 56.3 Å². The fourth-order valence-electron chi connectivity index (χ4n) is 3.85. The zero-order valence-corrected chi connectivity index (χ0v) is 15.9. The molecule has 0 bridgehead atoms. The van der Waals surface area contributed by atoms with Gasteiger partial charge in [-0.3, -0.25) is 9.98 Å². The van der Waals surface area contributed by atoms with Crippen LogP contribution in [-0.4, -0.2) is 16.2 Å². The Kier molecular flexibility index (Phi) is 4.36. The Bertz CT molecular complexity index is 971. The molecule has 0 spiro atoms. The first-order valence-corrected chi connectivity index (χ1v) is 9.57. The largest absolute Gasteiger partial charge is 0.277 e. The molecule has 0 N–H and O–H groups in total. The Labute approximate surface area is 156 Å². The van der Waals surface area contributed by atoms with Crippen LogP contribution in [-0.2, 0) is 6.42 Å². The molecule has 0 aliphatic carbocycles. The number of fused-ring (bicyclic) bond motifs is 2. The van der Waals surface area contributed by atoms with Gasteiger partial charge in [0.1, 0.15) is 0 Å². The summed E-state index contributed by atoms with van der Waals surface area (Å²) in [4.78, 5) is 9.95. The van der Waals surface area contributed by atoms with Gasteiger partial charge in [-0.15, -0.1) is 0 Å². The molecule has 1 aromatic heterocycles. The van der Waals surface area contributed by atoms with E-state index in [1.54, 1.807) is 0 Å². The minimum atomic E-state index is -0.0421. The van der Waals surface area contributed by atoms with Gasteiger partial charge in [0, 0.05) is 22.7 Å². The summed E-state index contributed by atoms with van der Waals surface area (Å²) < 4.78 is 0. The highest BCUT2D eigenvalue weighted by Gasteiger charge is 2.31. The van der Waals surface area contributed by atoms with Crippen molar-refractivity contribution in [3.63, 3.8) is 0 Å². The lowest BCUT2D eigenvalue weighted by Gasteiger charge is -2.33. The van der Waals surface area contributed by atoms with E-state index < -0.39 is 0 Å². The van der Waals surface area contributed by atoms with Crippen LogP contribution in [0.5, 0.6) is 0 Å². The molecule has 26 heavy (non-hydrogen) atoms. The summed E-state index contributed by atoms with van der Waals surface area (Å²) in [6.45, 7) is 6.88. The van der Waals surface area contributed by atoms with Gasteiger partial charge >= 0.3 is 0 Å². The smallest absolute Gasteiger partial charge is 0.0744 e. The van der Waals surface area contributed by atoms with Gasteiger partial charge in [-0.2, -0.15) is 0 Å². The number of para-hydroxylation sites is 1. The van der Waals surface area contributed by atoms with Crippen LogP contribution in [0.15, 0.2) is 65.8 Å². The van der Waals surface area contributed by atoms with Crippen LogP contribution >= 0.6 is 0 Å². The molecule has 0 amide bonds. The van der Waals surface area contributed by atoms with E-state index in [9.17, 15) is 0 Å². The lowest BCUT2D eigenvalue weighted by molar-refractivity contribution is 0.382. The summed E-state index contributed by atoms with van der Waals surface area (Å²) >= 11 is 0. The molecule has 132 valence electrons. The summed E-state index contributed by atoms with van der Waals surface area (Å²) in [6, 6.07) is 19.2. The third kappa shape index (κ3) is 3.29. The standard InChI is InChI=1S/C24H26N2/c1-17(2)12-13-24(3)15-19-9-4-6-10-21(19)23(26-24)20-14-18-8-5-7-11-22(18)25-16-20/h4-11,14,16-17H,12-13,15H2,1-3H3. The second kappa shape index (κ2) is 6.68. The van der Waals surface area contributed by atoms with Crippen molar-refractivity contribution < 1.29 is 0 Å². The van der Waals surface area contributed by atoms with Gasteiger partial charge < -0.3 is 0 Å². The molecule has 1 aliphatic rings. The number of hydrogen-bond acceptors (Lipinski definition) is 2. The molecule has 0 saturated heterocycles. The van der Waals surface area contributed by atoms with Crippen LogP contribution in [0.3, 0.4) is 0 Å². The molecule has 2 nitrogen and oxygen atoms in total. The molecule has 1 unspecified atom stereocenters. The highest BCUT2D eigenvalue weighted by Crippen LogP contribution is 2.33. The summed E-state index contributed by atoms with van der Waals surface area (Å²) in [5.74, 6) is 0.699. The monoisotopic (exact) mass is 342 g/mol. The van der Waals surface area contributed by atoms with E-state index in [1.165, 1.54) is 22.9 Å². The SMILES string of the molecule is CC(C)CCC1(C)Cc2ccccc2C(c2cnc3ccccc3c2)=N1. The second-order valence-corrected chi connectivity index (χ2v) is 8.14. The molecule has 4 rings (SSSR count). The molecule has 0 radical (unpaired) electrons. The molecule has 3 aromatic rings. The minimum absolute atomic E-state index is 0.0421. The lowest BCUT2D eigenvalue weighted by Crippen LogP contribution is -2.33. The quantitative estimate of drug-likeness (QED) is 0.586. The fourth-order valence-corrected chi connectivity index (χ4v) is 3.85. The summed E-state index contributed by atoms with van der Waals surface area (Å²) in [5.41, 5.74) is 5.86. The van der Waals surface area contributed by atoms with Gasteiger partial charge in [0.2, 0.25) is 0 Å². The van der Waals surface area contributed by atoms with Gasteiger partial charge in [-0.05, 0) is 49.8 Å². The van der Waals surface area contributed by atoms with E-state index in [0.29, 0.717) is 5.92 Å². The van der Waals surface area contributed by atoms with Gasteiger partial charge in [0.05, 0.1) is 16.8 Å². The van der Waals surface area contributed by atoms with E-state index in [1.807, 2.05) is 12.3 Å². The fraction of sp³-hybridized carbons (Fsp3) is 0.333. The van der Waals surface area contributed by atoms with Gasteiger partial charge in [0.15, 0.2) is 0 Å². The third-order valence-electron chi connectivity index (χ3n) is 5.35. The van der Waals surface area contributed by atoms with Crippen molar-refractivity contribution in [1.82, 2.24) is 4.98 Å². The summed E-state index contributed by atoms with van der Waals surface area (Å²) in [7, 11) is 0. The van der Waals surface area contributed by atoms with Crippen LogP contribution in [0.1, 0.15) is 50.3 Å². The number of benzene rings is 2. The van der Waals surface area contributed by atoms with Crippen LogP contribution < -0.4 is 0 Å². The predicted octanol–water partition coefficient (Wildman–Crippen LogP) is 5.82. The maximum atomic E-state index is 5.28. The predicted molar refractivity (Wildman–Crippen MR) is 110 cm³/mol. The Balaban J connectivity index is 1.82. The Morgan fingerprint density at radius 3 is 2.65 bits per heavy atom. The Morgan fingerprint density at radius 2 is 1.81 bits per heavy atom. The summed E-state index contributed by atoms with van der Waals surface area (Å²) in [6.07, 6.45) is 5.31. The molecule has 1 aliphatic heterocycles. The van der Waals surface area contributed by atoms with Gasteiger partial charge in [-0.25, -0.2) is 0 Å². The maximum absolute atomic E-state index is 5.28. The van der Waals surface area contributed by atoms with E-state index in [4.69, 9.17) is 4.99 Å². The molecule has 0 saturated carbocycles. The first-order valence-electron chi connectivity index (χ1n) is 9.57. The number of pyridine rings is 1. The maximum Gasteiger partial charge on any atom is 0.0744 e. The molecule has 2 heteroatoms. The van der Waals surface area contributed by atoms with Crippen LogP contribution in [0.4, 0.5) is 0 Å². The zero-order valence-electron chi connectivity index (χ0n) is 15.9. The van der Waals surface area contributed by atoms with Crippen molar-refractivity contribution in [3.05, 3.63) is 77.5 Å². The number of rotatable bonds is 4. The number of hydrogen-bond donors (Lipinski definition) is 0. The second-order valence-electron chi connectivity index (χ2n) is 8.14. The van der Waals surface area contributed by atoms with Crippen LogP contribution in [0.25, 0.3) is 10.9 Å². The van der Waals surface area contributed by atoms with Crippen molar-refractivity contribution in [3.8, 4) is 0 Å². The van der Waals surface area contributed by atoms with Crippen molar-refractivity contribution in [2.45, 2.75) is 45.6 Å². The average molecular weight is 342 g/mol. The van der Waals surface area contributed by atoms with Gasteiger partial charge in [0.25, 0.3) is 0 Å². The van der Waals surface area contributed by atoms with Crippen molar-refractivity contribution >= 4 is 16.6 Å². The van der Waals surface area contributed by atoms with E-state index in [0.717, 1.165) is 29.6 Å². The molecule has 2 aromatic carbocycles. The topological polar surface area (TPSA) is 25.2 Å². The van der Waals surface area contributed by atoms with Crippen molar-refractivity contribution in [1.29, 1.82) is 0 Å². The normalized spacial score (nSPS) is 19.5. The molecular formula is C24H26N2. The Morgan fingerprint density at radius 1 is 1.04 bits per heavy atom. The highest BCUT2D eigenvalue weighted by atomic mass is 14.9. The van der Waals surface area contributed by atoms with Crippen LogP contribution in [0, 0.1) is 5.92 Å². The van der Waals surface area contributed by atoms with Crippen LogP contribution in [0.2, 0.25) is 0 Å². The highest BCUT2D eigenvalue weighted by molar-refractivity contribution is 6.15. The minimum Gasteiger partial charge on any atom is -0.277 e. The zero-order chi connectivity index (χ0) is 18.1. The Hall–Kier alpha value is -2.48. The molecule has 0 fully saturated rings. The first kappa shape index (κ1) is 17.0. The first-order chi connectivity index (χ1) is 12.5. The molecule has 1 atom stereocenters. The summed E-state index contributed by atoms with van der Waals surface area (Å²) in [5, 5.41) is 1.17. The van der Waals surface area contributed by atoms with Crippen molar-refractivity contribution in [2.24, 2.45) is 10.9 Å².